The van der Waals surface area contributed by atoms with Crippen LogP contribution >= 0.6 is 23.2 Å². The van der Waals surface area contributed by atoms with E-state index in [1.807, 2.05) is 24.4 Å². The highest BCUT2D eigenvalue weighted by Crippen LogP contribution is 2.36. The molecular formula is C28H28Cl2N4. The molecule has 0 spiro atoms. The van der Waals surface area contributed by atoms with Crippen molar-refractivity contribution in [2.45, 2.75) is 37.8 Å². The maximum absolute atomic E-state index is 6.31. The van der Waals surface area contributed by atoms with Gasteiger partial charge in [0.25, 0.3) is 0 Å². The highest BCUT2D eigenvalue weighted by molar-refractivity contribution is 6.44. The third-order valence-corrected chi connectivity index (χ3v) is 8.01. The Morgan fingerprint density at radius 1 is 0.971 bits per heavy atom. The van der Waals surface area contributed by atoms with Crippen LogP contribution in [0.4, 0.5) is 0 Å². The number of likely N-dealkylation sites (tertiary alicyclic amines) is 1. The summed E-state index contributed by atoms with van der Waals surface area (Å²) >= 11 is 12.6. The molecule has 2 aliphatic carbocycles. The topological polar surface area (TPSA) is 40.5 Å². The van der Waals surface area contributed by atoms with E-state index in [9.17, 15) is 0 Å². The molecule has 6 heteroatoms. The zero-order chi connectivity index (χ0) is 23.1. The molecule has 3 heterocycles. The van der Waals surface area contributed by atoms with E-state index in [1.54, 1.807) is 6.20 Å². The van der Waals surface area contributed by atoms with Gasteiger partial charge in [-0.1, -0.05) is 59.1 Å². The molecule has 174 valence electrons. The zero-order valence-electron chi connectivity index (χ0n) is 19.1. The van der Waals surface area contributed by atoms with Crippen LogP contribution in [0.25, 0.3) is 16.7 Å². The third-order valence-electron chi connectivity index (χ3n) is 7.25. The van der Waals surface area contributed by atoms with Crippen LogP contribution in [0.3, 0.4) is 0 Å². The van der Waals surface area contributed by atoms with E-state index in [0.717, 1.165) is 43.2 Å². The lowest BCUT2D eigenvalue weighted by atomic mass is 9.91. The summed E-state index contributed by atoms with van der Waals surface area (Å²) in [5.74, 6) is 1.89. The first-order chi connectivity index (χ1) is 16.6. The molecule has 1 saturated heterocycles. The molecule has 1 aromatic carbocycles. The molecule has 6 rings (SSSR count). The quantitative estimate of drug-likeness (QED) is 0.557. The molecule has 2 unspecified atom stereocenters. The molecule has 2 atom stereocenters. The molecule has 4 nitrogen and oxygen atoms in total. The summed E-state index contributed by atoms with van der Waals surface area (Å²) in [5.41, 5.74) is 6.22. The number of allylic oxidation sites excluding steroid dienone is 2. The lowest BCUT2D eigenvalue weighted by molar-refractivity contribution is 0.247. The SMILES string of the molecule is ClC1=CC2N=C(C(=C3CCN(CC4CC4)CC3)c3ccc(-c4cccnc4)cc3)NC2C=C1Cl. The van der Waals surface area contributed by atoms with Crippen molar-refractivity contribution in [3.8, 4) is 11.1 Å². The lowest BCUT2D eigenvalue weighted by Crippen LogP contribution is -2.36. The van der Waals surface area contributed by atoms with Gasteiger partial charge in [0.05, 0.1) is 22.1 Å². The maximum Gasteiger partial charge on any atom is 0.130 e. The summed E-state index contributed by atoms with van der Waals surface area (Å²) in [6.45, 7) is 3.51. The van der Waals surface area contributed by atoms with Gasteiger partial charge in [-0.05, 0) is 66.5 Å². The first-order valence-electron chi connectivity index (χ1n) is 12.2. The Kier molecular flexibility index (Phi) is 6.06. The van der Waals surface area contributed by atoms with Crippen molar-refractivity contribution in [1.29, 1.82) is 0 Å². The normalized spacial score (nSPS) is 24.6. The Hall–Kier alpha value is -2.40. The average Bonchev–Trinajstić information content (AvgIpc) is 3.60. The van der Waals surface area contributed by atoms with E-state index in [-0.39, 0.29) is 12.1 Å². The summed E-state index contributed by atoms with van der Waals surface area (Å²) in [5, 5.41) is 4.82. The minimum atomic E-state index is -0.0229. The Labute approximate surface area is 211 Å². The second-order valence-electron chi connectivity index (χ2n) is 9.71. The summed E-state index contributed by atoms with van der Waals surface area (Å²) in [6, 6.07) is 12.9. The van der Waals surface area contributed by atoms with Crippen LogP contribution in [0, 0.1) is 5.92 Å². The van der Waals surface area contributed by atoms with Crippen molar-refractivity contribution in [3.05, 3.63) is 82.1 Å². The Bertz CT molecular complexity index is 1180. The predicted molar refractivity (Wildman–Crippen MR) is 141 cm³/mol. The van der Waals surface area contributed by atoms with Crippen molar-refractivity contribution in [2.75, 3.05) is 19.6 Å². The van der Waals surface area contributed by atoms with Gasteiger partial charge in [0.2, 0.25) is 0 Å². The van der Waals surface area contributed by atoms with Gasteiger partial charge in [0.1, 0.15) is 5.84 Å². The summed E-state index contributed by atoms with van der Waals surface area (Å²) in [7, 11) is 0. The minimum absolute atomic E-state index is 0.0229. The number of hydrogen-bond acceptors (Lipinski definition) is 4. The lowest BCUT2D eigenvalue weighted by Gasteiger charge is -2.30. The summed E-state index contributed by atoms with van der Waals surface area (Å²) in [4.78, 5) is 12.0. The zero-order valence-corrected chi connectivity index (χ0v) is 20.6. The third kappa shape index (κ3) is 4.59. The molecular weight excluding hydrogens is 463 g/mol. The second kappa shape index (κ2) is 9.33. The van der Waals surface area contributed by atoms with Gasteiger partial charge in [-0.15, -0.1) is 0 Å². The van der Waals surface area contributed by atoms with Crippen molar-refractivity contribution in [3.63, 3.8) is 0 Å². The van der Waals surface area contributed by atoms with Crippen LogP contribution in [-0.2, 0) is 0 Å². The fourth-order valence-corrected chi connectivity index (χ4v) is 5.58. The Morgan fingerprint density at radius 3 is 2.44 bits per heavy atom. The van der Waals surface area contributed by atoms with E-state index in [2.05, 4.69) is 45.5 Å². The smallest absolute Gasteiger partial charge is 0.130 e. The van der Waals surface area contributed by atoms with Crippen LogP contribution in [0.15, 0.2) is 81.6 Å². The molecule has 0 radical (unpaired) electrons. The Balaban J connectivity index is 1.32. The van der Waals surface area contributed by atoms with Gasteiger partial charge in [0.15, 0.2) is 0 Å². The average molecular weight is 491 g/mol. The number of hydrogen-bond donors (Lipinski definition) is 1. The van der Waals surface area contributed by atoms with E-state index >= 15 is 0 Å². The van der Waals surface area contributed by atoms with E-state index in [0.29, 0.717) is 10.1 Å². The Morgan fingerprint density at radius 2 is 1.74 bits per heavy atom. The number of piperidine rings is 1. The summed E-state index contributed by atoms with van der Waals surface area (Å²) < 4.78 is 0. The van der Waals surface area contributed by atoms with Gasteiger partial charge in [-0.3, -0.25) is 9.98 Å². The van der Waals surface area contributed by atoms with E-state index in [1.165, 1.54) is 41.7 Å². The number of aliphatic imine (C=N–C) groups is 1. The van der Waals surface area contributed by atoms with Gasteiger partial charge in [0, 0.05) is 37.6 Å². The fraction of sp³-hybridized carbons (Fsp3) is 0.357. The fourth-order valence-electron chi connectivity index (χ4n) is 5.19. The first kappa shape index (κ1) is 22.1. The monoisotopic (exact) mass is 490 g/mol. The van der Waals surface area contributed by atoms with E-state index in [4.69, 9.17) is 28.2 Å². The summed E-state index contributed by atoms with van der Waals surface area (Å²) in [6.07, 6.45) is 12.6. The predicted octanol–water partition coefficient (Wildman–Crippen LogP) is 6.01. The van der Waals surface area contributed by atoms with Gasteiger partial charge < -0.3 is 10.2 Å². The number of rotatable bonds is 5. The minimum Gasteiger partial charge on any atom is -0.361 e. The number of nitrogens with zero attached hydrogens (tertiary/aromatic N) is 3. The maximum atomic E-state index is 6.31. The van der Waals surface area contributed by atoms with Gasteiger partial charge in [-0.25, -0.2) is 0 Å². The number of pyridine rings is 1. The van der Waals surface area contributed by atoms with Crippen molar-refractivity contribution < 1.29 is 0 Å². The van der Waals surface area contributed by atoms with Crippen molar-refractivity contribution >= 4 is 34.6 Å². The number of benzene rings is 1. The van der Waals surface area contributed by atoms with Crippen molar-refractivity contribution in [2.24, 2.45) is 10.9 Å². The number of aromatic nitrogens is 1. The number of amidine groups is 1. The van der Waals surface area contributed by atoms with Crippen molar-refractivity contribution in [1.82, 2.24) is 15.2 Å². The molecule has 4 aliphatic rings. The van der Waals surface area contributed by atoms with Crippen LogP contribution < -0.4 is 5.32 Å². The molecule has 2 aromatic rings. The largest absolute Gasteiger partial charge is 0.361 e. The highest BCUT2D eigenvalue weighted by atomic mass is 35.5. The van der Waals surface area contributed by atoms with E-state index < -0.39 is 0 Å². The van der Waals surface area contributed by atoms with Gasteiger partial charge in [-0.2, -0.15) is 0 Å². The molecule has 1 aromatic heterocycles. The molecule has 0 bridgehead atoms. The number of fused-ring (bicyclic) bond motifs is 1. The highest BCUT2D eigenvalue weighted by Gasteiger charge is 2.33. The number of halogens is 2. The van der Waals surface area contributed by atoms with Crippen LogP contribution in [0.5, 0.6) is 0 Å². The van der Waals surface area contributed by atoms with Crippen LogP contribution in [-0.4, -0.2) is 47.4 Å². The standard InChI is InChI=1S/C28H28Cl2N4/c29-23-14-25-26(15-24(23)30)33-28(32-25)27(21-9-12-34(13-10-21)17-18-3-4-18)20-7-5-19(6-8-20)22-2-1-11-31-16-22/h1-2,5-8,11,14-16,18,25-26H,3-4,9-10,12-13,17H2,(H,32,33). The molecule has 2 aliphatic heterocycles. The second-order valence-corrected chi connectivity index (χ2v) is 10.5. The van der Waals surface area contributed by atoms with Crippen LogP contribution in [0.2, 0.25) is 0 Å². The van der Waals surface area contributed by atoms with Gasteiger partial charge >= 0.3 is 0 Å². The molecule has 2 fully saturated rings. The molecule has 1 N–H and O–H groups in total. The first-order valence-corrected chi connectivity index (χ1v) is 12.9. The van der Waals surface area contributed by atoms with Crippen LogP contribution in [0.1, 0.15) is 31.2 Å². The molecule has 0 amide bonds. The molecule has 1 saturated carbocycles. The molecule has 34 heavy (non-hydrogen) atoms. The number of nitrogens with one attached hydrogen (secondary N) is 1.